The predicted octanol–water partition coefficient (Wildman–Crippen LogP) is 4.06. The highest BCUT2D eigenvalue weighted by Gasteiger charge is 2.19. The molecule has 6 nitrogen and oxygen atoms in total. The Labute approximate surface area is 161 Å². The van der Waals surface area contributed by atoms with Crippen LogP contribution < -0.4 is 11.1 Å². The van der Waals surface area contributed by atoms with Crippen LogP contribution in [0.15, 0.2) is 59.3 Å². The van der Waals surface area contributed by atoms with Crippen LogP contribution >= 0.6 is 27.3 Å². The number of carbonyl (C=O) groups excluding carboxylic acids is 1. The monoisotopic (exact) mass is 428 g/mol. The molecule has 1 aromatic carbocycles. The number of amides is 1. The lowest BCUT2D eigenvalue weighted by atomic mass is 10.1. The van der Waals surface area contributed by atoms with Gasteiger partial charge in [0.2, 0.25) is 0 Å². The zero-order valence-corrected chi connectivity index (χ0v) is 15.8. The Hall–Kier alpha value is -2.71. The number of ether oxygens (including phenoxy) is 1. The van der Waals surface area contributed by atoms with Gasteiger partial charge in [0.1, 0.15) is 0 Å². The largest absolute Gasteiger partial charge is 0.475 e. The van der Waals surface area contributed by atoms with Crippen molar-refractivity contribution in [2.75, 3.05) is 5.32 Å². The number of hydrogen-bond acceptors (Lipinski definition) is 6. The lowest BCUT2D eigenvalue weighted by Crippen LogP contribution is -2.21. The van der Waals surface area contributed by atoms with E-state index in [0.717, 1.165) is 20.3 Å². The average Bonchev–Trinajstić information content (AvgIpc) is 3.09. The molecule has 0 aliphatic carbocycles. The summed E-state index contributed by atoms with van der Waals surface area (Å²) in [6, 6.07) is 9.93. The summed E-state index contributed by atoms with van der Waals surface area (Å²) in [7, 11) is 0. The van der Waals surface area contributed by atoms with Crippen LogP contribution in [0.2, 0.25) is 0 Å². The van der Waals surface area contributed by atoms with Crippen molar-refractivity contribution < 1.29 is 9.53 Å². The number of allylic oxidation sites excluding steroid dienone is 2. The number of primary amides is 1. The van der Waals surface area contributed by atoms with Crippen LogP contribution in [0.1, 0.15) is 10.5 Å². The van der Waals surface area contributed by atoms with Crippen molar-refractivity contribution in [1.29, 1.82) is 0 Å². The number of aromatic nitrogens is 2. The Bertz CT molecular complexity index is 1040. The zero-order valence-electron chi connectivity index (χ0n) is 13.3. The average molecular weight is 429 g/mol. The third-order valence-electron chi connectivity index (χ3n) is 3.79. The second-order valence-electron chi connectivity index (χ2n) is 5.54. The van der Waals surface area contributed by atoms with Crippen LogP contribution in [0.5, 0.6) is 0 Å². The standard InChI is InChI=1S/C18H13BrN4O2S/c19-11-6-4-10(5-7-11)13-9-12-16(26-13)15(17(20)24)22-23-18(12)21-14-3-1-2-8-25-14/h1-9,14H,(H2,20,24)(H,21,23). The van der Waals surface area contributed by atoms with Crippen molar-refractivity contribution in [3.8, 4) is 10.4 Å². The van der Waals surface area contributed by atoms with Gasteiger partial charge in [0.05, 0.1) is 11.0 Å². The fraction of sp³-hybridized carbons (Fsp3) is 0.0556. The molecule has 3 aromatic rings. The maximum Gasteiger partial charge on any atom is 0.270 e. The van der Waals surface area contributed by atoms with Crippen LogP contribution in [-0.2, 0) is 4.74 Å². The summed E-state index contributed by atoms with van der Waals surface area (Å²) in [5, 5.41) is 12.1. The molecular weight excluding hydrogens is 416 g/mol. The van der Waals surface area contributed by atoms with Gasteiger partial charge in [0.25, 0.3) is 5.91 Å². The second-order valence-corrected chi connectivity index (χ2v) is 7.50. The highest BCUT2D eigenvalue weighted by atomic mass is 79.9. The molecular formula is C18H13BrN4O2S. The van der Waals surface area contributed by atoms with E-state index in [0.29, 0.717) is 10.5 Å². The van der Waals surface area contributed by atoms with Gasteiger partial charge in [-0.25, -0.2) is 0 Å². The van der Waals surface area contributed by atoms with E-state index in [1.807, 2.05) is 42.5 Å². The summed E-state index contributed by atoms with van der Waals surface area (Å²) in [6.07, 6.45) is 6.78. The number of carbonyl (C=O) groups is 1. The number of rotatable bonds is 4. The predicted molar refractivity (Wildman–Crippen MR) is 106 cm³/mol. The molecule has 1 aliphatic rings. The fourth-order valence-electron chi connectivity index (χ4n) is 2.57. The molecule has 0 bridgehead atoms. The van der Waals surface area contributed by atoms with E-state index in [4.69, 9.17) is 10.5 Å². The van der Waals surface area contributed by atoms with Crippen molar-refractivity contribution in [1.82, 2.24) is 10.2 Å². The number of anilines is 1. The molecule has 1 unspecified atom stereocenters. The minimum atomic E-state index is -0.602. The van der Waals surface area contributed by atoms with Crippen molar-refractivity contribution in [2.45, 2.75) is 6.23 Å². The number of hydrogen-bond donors (Lipinski definition) is 2. The molecule has 1 amide bonds. The summed E-state index contributed by atoms with van der Waals surface area (Å²) in [6.45, 7) is 0. The first-order valence-electron chi connectivity index (χ1n) is 7.73. The molecule has 1 aliphatic heterocycles. The van der Waals surface area contributed by atoms with E-state index < -0.39 is 5.91 Å². The molecule has 3 N–H and O–H groups in total. The molecule has 0 saturated carbocycles. The van der Waals surface area contributed by atoms with Gasteiger partial charge in [-0.05, 0) is 35.9 Å². The summed E-state index contributed by atoms with van der Waals surface area (Å²) in [4.78, 5) is 12.8. The molecule has 0 radical (unpaired) electrons. The Morgan fingerprint density at radius 1 is 1.23 bits per heavy atom. The summed E-state index contributed by atoms with van der Waals surface area (Å²) >= 11 is 4.89. The third-order valence-corrected chi connectivity index (χ3v) is 5.51. The van der Waals surface area contributed by atoms with Crippen molar-refractivity contribution in [3.05, 3.63) is 65.0 Å². The topological polar surface area (TPSA) is 90.1 Å². The van der Waals surface area contributed by atoms with Gasteiger partial charge in [0, 0.05) is 14.7 Å². The Morgan fingerprint density at radius 2 is 2.04 bits per heavy atom. The number of nitrogens with one attached hydrogen (secondary N) is 1. The second kappa shape index (κ2) is 6.89. The highest BCUT2D eigenvalue weighted by Crippen LogP contribution is 2.38. The van der Waals surface area contributed by atoms with Gasteiger partial charge in [-0.15, -0.1) is 21.5 Å². The molecule has 3 heterocycles. The van der Waals surface area contributed by atoms with E-state index >= 15 is 0 Å². The van der Waals surface area contributed by atoms with Gasteiger partial charge in [-0.1, -0.05) is 34.1 Å². The lowest BCUT2D eigenvalue weighted by molar-refractivity contribution is 0.0996. The van der Waals surface area contributed by atoms with E-state index in [9.17, 15) is 4.79 Å². The normalized spacial score (nSPS) is 15.8. The number of halogens is 1. The van der Waals surface area contributed by atoms with Crippen LogP contribution in [-0.4, -0.2) is 22.3 Å². The highest BCUT2D eigenvalue weighted by molar-refractivity contribution is 9.10. The maximum absolute atomic E-state index is 11.8. The van der Waals surface area contributed by atoms with E-state index in [1.54, 1.807) is 12.3 Å². The summed E-state index contributed by atoms with van der Waals surface area (Å²) in [5.74, 6) is -0.0652. The minimum absolute atomic E-state index is 0.166. The smallest absolute Gasteiger partial charge is 0.270 e. The van der Waals surface area contributed by atoms with Crippen molar-refractivity contribution in [3.63, 3.8) is 0 Å². The Morgan fingerprint density at radius 3 is 2.73 bits per heavy atom. The molecule has 0 spiro atoms. The third kappa shape index (κ3) is 3.21. The number of benzene rings is 1. The van der Waals surface area contributed by atoms with Gasteiger partial charge in [-0.3, -0.25) is 4.79 Å². The van der Waals surface area contributed by atoms with Crippen LogP contribution in [0.25, 0.3) is 20.5 Å². The quantitative estimate of drug-likeness (QED) is 0.653. The van der Waals surface area contributed by atoms with Crippen molar-refractivity contribution in [2.24, 2.45) is 5.73 Å². The van der Waals surface area contributed by atoms with Crippen molar-refractivity contribution >= 4 is 49.1 Å². The number of nitrogens with zero attached hydrogens (tertiary/aromatic N) is 2. The van der Waals surface area contributed by atoms with Crippen LogP contribution in [0, 0.1) is 0 Å². The lowest BCUT2D eigenvalue weighted by Gasteiger charge is -2.17. The van der Waals surface area contributed by atoms with Crippen LogP contribution in [0.3, 0.4) is 0 Å². The van der Waals surface area contributed by atoms with Gasteiger partial charge < -0.3 is 15.8 Å². The van der Waals surface area contributed by atoms with E-state index in [1.165, 1.54) is 11.3 Å². The summed E-state index contributed by atoms with van der Waals surface area (Å²) in [5.41, 5.74) is 6.68. The Kier molecular flexibility index (Phi) is 4.44. The number of thiophene rings is 1. The SMILES string of the molecule is NC(=O)c1nnc(NC2C=CC=CO2)c2cc(-c3ccc(Br)cc3)sc12. The summed E-state index contributed by atoms with van der Waals surface area (Å²) < 4.78 is 7.17. The molecule has 8 heteroatoms. The van der Waals surface area contributed by atoms with Gasteiger partial charge in [-0.2, -0.15) is 0 Å². The molecule has 0 fully saturated rings. The first-order chi connectivity index (χ1) is 12.6. The fourth-order valence-corrected chi connectivity index (χ4v) is 3.99. The van der Waals surface area contributed by atoms with Crippen LogP contribution in [0.4, 0.5) is 5.82 Å². The first kappa shape index (κ1) is 16.7. The first-order valence-corrected chi connectivity index (χ1v) is 9.34. The molecule has 130 valence electrons. The van der Waals surface area contributed by atoms with E-state index in [-0.39, 0.29) is 11.9 Å². The number of nitrogens with two attached hydrogens (primary N) is 1. The molecule has 0 saturated heterocycles. The molecule has 4 rings (SSSR count). The maximum atomic E-state index is 11.8. The van der Waals surface area contributed by atoms with Gasteiger partial charge >= 0.3 is 0 Å². The number of fused-ring (bicyclic) bond motifs is 1. The molecule has 26 heavy (non-hydrogen) atoms. The van der Waals surface area contributed by atoms with E-state index in [2.05, 4.69) is 31.4 Å². The Balaban J connectivity index is 1.81. The van der Waals surface area contributed by atoms with Gasteiger partial charge in [0.15, 0.2) is 17.7 Å². The molecule has 2 aromatic heterocycles. The minimum Gasteiger partial charge on any atom is -0.475 e. The zero-order chi connectivity index (χ0) is 18.1. The molecule has 1 atom stereocenters.